The molecular formula is C10H17N2NaO4. The van der Waals surface area contributed by atoms with E-state index in [9.17, 15) is 14.7 Å². The molecule has 0 radical (unpaired) electrons. The largest absolute Gasteiger partial charge is 1.00 e. The van der Waals surface area contributed by atoms with Crippen LogP contribution in [0.1, 0.15) is 20.8 Å². The van der Waals surface area contributed by atoms with Gasteiger partial charge in [0.1, 0.15) is 5.60 Å². The predicted octanol–water partition coefficient (Wildman–Crippen LogP) is -4.05. The number of carboxylic acid groups (broad SMARTS) is 1. The van der Waals surface area contributed by atoms with E-state index in [1.54, 1.807) is 20.8 Å². The summed E-state index contributed by atoms with van der Waals surface area (Å²) >= 11 is 0. The van der Waals surface area contributed by atoms with E-state index in [1.165, 1.54) is 4.90 Å². The summed E-state index contributed by atoms with van der Waals surface area (Å²) < 4.78 is 5.15. The van der Waals surface area contributed by atoms with Gasteiger partial charge in [-0.3, -0.25) is 0 Å². The van der Waals surface area contributed by atoms with Gasteiger partial charge in [0.05, 0.1) is 12.0 Å². The van der Waals surface area contributed by atoms with Crippen LogP contribution in [0.3, 0.4) is 0 Å². The molecule has 17 heavy (non-hydrogen) atoms. The molecule has 1 N–H and O–H groups in total. The fraction of sp³-hybridized carbons (Fsp3) is 0.800. The van der Waals surface area contributed by atoms with Crippen molar-refractivity contribution in [3.8, 4) is 0 Å². The van der Waals surface area contributed by atoms with E-state index in [-0.39, 0.29) is 36.1 Å². The third kappa shape index (κ3) is 5.72. The van der Waals surface area contributed by atoms with Gasteiger partial charge in [-0.1, -0.05) is 0 Å². The summed E-state index contributed by atoms with van der Waals surface area (Å²) in [6, 6.07) is -0.818. The van der Waals surface area contributed by atoms with Crippen LogP contribution in [0.2, 0.25) is 0 Å². The number of carbonyl (C=O) groups is 2. The summed E-state index contributed by atoms with van der Waals surface area (Å²) in [7, 11) is 0. The molecule has 1 saturated heterocycles. The zero-order valence-corrected chi connectivity index (χ0v) is 12.8. The summed E-state index contributed by atoms with van der Waals surface area (Å²) in [4.78, 5) is 23.7. The van der Waals surface area contributed by atoms with Crippen molar-refractivity contribution in [2.45, 2.75) is 32.4 Å². The average Bonchev–Trinajstić information content (AvgIpc) is 2.15. The first kappa shape index (κ1) is 16.7. The number of aliphatic carboxylic acids is 1. The van der Waals surface area contributed by atoms with Crippen LogP contribution in [0.25, 0.3) is 0 Å². The van der Waals surface area contributed by atoms with Gasteiger partial charge in [0.2, 0.25) is 0 Å². The maximum Gasteiger partial charge on any atom is 1.00 e. The van der Waals surface area contributed by atoms with Gasteiger partial charge in [0.25, 0.3) is 0 Å². The smallest absolute Gasteiger partial charge is 0.548 e. The number of carbonyl (C=O) groups excluding carboxylic acids is 2. The first-order chi connectivity index (χ1) is 7.29. The number of ether oxygens (including phenoxy) is 1. The summed E-state index contributed by atoms with van der Waals surface area (Å²) in [5.41, 5.74) is -0.571. The minimum atomic E-state index is -1.20. The van der Waals surface area contributed by atoms with Gasteiger partial charge >= 0.3 is 35.7 Å². The first-order valence-corrected chi connectivity index (χ1v) is 5.22. The van der Waals surface area contributed by atoms with Gasteiger partial charge in [-0.15, -0.1) is 0 Å². The Balaban J connectivity index is 0.00000256. The number of piperazine rings is 1. The van der Waals surface area contributed by atoms with Crippen LogP contribution in [0.4, 0.5) is 4.79 Å². The molecule has 0 spiro atoms. The van der Waals surface area contributed by atoms with Gasteiger partial charge in [-0.2, -0.15) is 0 Å². The number of carboxylic acids is 1. The molecule has 0 aromatic heterocycles. The Morgan fingerprint density at radius 3 is 2.47 bits per heavy atom. The van der Waals surface area contributed by atoms with Gasteiger partial charge in [0, 0.05) is 19.6 Å². The van der Waals surface area contributed by atoms with E-state index in [4.69, 9.17) is 4.74 Å². The normalized spacial score (nSPS) is 20.4. The van der Waals surface area contributed by atoms with Crippen LogP contribution in [0.5, 0.6) is 0 Å². The van der Waals surface area contributed by atoms with Crippen molar-refractivity contribution < 1.29 is 49.0 Å². The topological polar surface area (TPSA) is 81.7 Å². The van der Waals surface area contributed by atoms with Crippen LogP contribution in [-0.4, -0.2) is 48.2 Å². The molecule has 1 atom stereocenters. The van der Waals surface area contributed by atoms with E-state index < -0.39 is 23.7 Å². The van der Waals surface area contributed by atoms with Crippen molar-refractivity contribution in [2.75, 3.05) is 19.6 Å². The second kappa shape index (κ2) is 6.58. The Labute approximate surface area is 123 Å². The second-order valence-electron chi connectivity index (χ2n) is 4.75. The van der Waals surface area contributed by atoms with Crippen molar-refractivity contribution in [3.05, 3.63) is 0 Å². The molecule has 1 heterocycles. The maximum atomic E-state index is 11.6. The molecule has 1 aliphatic heterocycles. The molecule has 6 nitrogen and oxygen atoms in total. The third-order valence-corrected chi connectivity index (χ3v) is 2.11. The van der Waals surface area contributed by atoms with E-state index in [2.05, 4.69) is 5.32 Å². The van der Waals surface area contributed by atoms with Gasteiger partial charge in [-0.25, -0.2) is 4.79 Å². The number of nitrogens with one attached hydrogen (secondary N) is 1. The van der Waals surface area contributed by atoms with Crippen molar-refractivity contribution in [3.63, 3.8) is 0 Å². The summed E-state index contributed by atoms with van der Waals surface area (Å²) in [6.07, 6.45) is -0.486. The Morgan fingerprint density at radius 2 is 2.00 bits per heavy atom. The van der Waals surface area contributed by atoms with Gasteiger partial charge in [0.15, 0.2) is 0 Å². The van der Waals surface area contributed by atoms with Crippen molar-refractivity contribution in [1.29, 1.82) is 0 Å². The van der Waals surface area contributed by atoms with Crippen molar-refractivity contribution in [2.24, 2.45) is 0 Å². The second-order valence-corrected chi connectivity index (χ2v) is 4.75. The molecule has 7 heteroatoms. The minimum Gasteiger partial charge on any atom is -0.548 e. The fourth-order valence-electron chi connectivity index (χ4n) is 1.40. The molecule has 92 valence electrons. The molecule has 1 amide bonds. The van der Waals surface area contributed by atoms with Crippen molar-refractivity contribution in [1.82, 2.24) is 10.2 Å². The predicted molar refractivity (Wildman–Crippen MR) is 54.6 cm³/mol. The Bertz CT molecular complexity index is 291. The molecule has 0 aliphatic carbocycles. The number of rotatable bonds is 1. The fourth-order valence-corrected chi connectivity index (χ4v) is 1.40. The quantitative estimate of drug-likeness (QED) is 0.480. The molecule has 0 aromatic rings. The molecule has 0 aromatic carbocycles. The summed E-state index contributed by atoms with van der Waals surface area (Å²) in [5.74, 6) is -1.20. The first-order valence-electron chi connectivity index (χ1n) is 5.22. The zero-order chi connectivity index (χ0) is 12.3. The molecule has 0 saturated carbocycles. The monoisotopic (exact) mass is 252 g/mol. The Hall–Kier alpha value is -0.300. The maximum absolute atomic E-state index is 11.6. The van der Waals surface area contributed by atoms with Crippen LogP contribution < -0.4 is 40.0 Å². The number of nitrogens with zero attached hydrogens (tertiary/aromatic N) is 1. The average molecular weight is 252 g/mol. The minimum absolute atomic E-state index is 0. The molecule has 0 unspecified atom stereocenters. The summed E-state index contributed by atoms with van der Waals surface area (Å²) in [5, 5.41) is 13.4. The number of hydrogen-bond acceptors (Lipinski definition) is 5. The van der Waals surface area contributed by atoms with E-state index in [0.717, 1.165) is 0 Å². The van der Waals surface area contributed by atoms with E-state index in [0.29, 0.717) is 13.1 Å². The third-order valence-electron chi connectivity index (χ3n) is 2.11. The van der Waals surface area contributed by atoms with Crippen LogP contribution >= 0.6 is 0 Å². The zero-order valence-electron chi connectivity index (χ0n) is 10.8. The number of amides is 1. The van der Waals surface area contributed by atoms with Crippen LogP contribution in [0, 0.1) is 0 Å². The summed E-state index contributed by atoms with van der Waals surface area (Å²) in [6.45, 7) is 6.25. The SMILES string of the molecule is CC(C)(C)OC(=O)N1CCN[C@H](C(=O)[O-])C1.[Na+]. The number of hydrogen-bond donors (Lipinski definition) is 1. The Kier molecular flexibility index (Phi) is 6.47. The molecule has 1 fully saturated rings. The molecule has 0 bridgehead atoms. The Morgan fingerprint density at radius 1 is 1.41 bits per heavy atom. The van der Waals surface area contributed by atoms with E-state index >= 15 is 0 Å². The van der Waals surface area contributed by atoms with Gasteiger partial charge < -0.3 is 24.9 Å². The molecule has 1 aliphatic rings. The van der Waals surface area contributed by atoms with Crippen LogP contribution in [-0.2, 0) is 9.53 Å². The van der Waals surface area contributed by atoms with Gasteiger partial charge in [-0.05, 0) is 20.8 Å². The standard InChI is InChI=1S/C10H18N2O4.Na/c1-10(2,3)16-9(15)12-5-4-11-7(6-12)8(13)14;/h7,11H,4-6H2,1-3H3,(H,13,14);/q;+1/p-1/t7-;/m0./s1. The molecular weight excluding hydrogens is 235 g/mol. The van der Waals surface area contributed by atoms with Crippen LogP contribution in [0.15, 0.2) is 0 Å². The van der Waals surface area contributed by atoms with E-state index in [1.807, 2.05) is 0 Å². The molecule has 1 rings (SSSR count). The van der Waals surface area contributed by atoms with Crippen molar-refractivity contribution >= 4 is 12.1 Å².